The number of aryl methyl sites for hydroxylation is 1. The van der Waals surface area contributed by atoms with Crippen LogP contribution in [0.4, 0.5) is 0 Å². The Bertz CT molecular complexity index is 504. The predicted octanol–water partition coefficient (Wildman–Crippen LogP) is 2.87. The quantitative estimate of drug-likeness (QED) is 0.631. The van der Waals surface area contributed by atoms with Gasteiger partial charge in [0.2, 0.25) is 0 Å². The van der Waals surface area contributed by atoms with Gasteiger partial charge in [0.05, 0.1) is 30.5 Å². The van der Waals surface area contributed by atoms with E-state index >= 15 is 0 Å². The van der Waals surface area contributed by atoms with Crippen LogP contribution >= 0.6 is 0 Å². The number of esters is 1. The average Bonchev–Trinajstić information content (AvgIpc) is 2.88. The summed E-state index contributed by atoms with van der Waals surface area (Å²) >= 11 is 0. The maximum atomic E-state index is 11.7. The molecule has 0 aromatic carbocycles. The fraction of sp³-hybridized carbons (Fsp3) is 0.667. The van der Waals surface area contributed by atoms with Crippen LogP contribution in [0.25, 0.3) is 0 Å². The summed E-state index contributed by atoms with van der Waals surface area (Å²) in [5.41, 5.74) is -0.901. The van der Waals surface area contributed by atoms with Crippen molar-refractivity contribution < 1.29 is 23.3 Å². The molecule has 0 radical (unpaired) electrons. The summed E-state index contributed by atoms with van der Waals surface area (Å²) in [4.78, 5) is 11.7. The van der Waals surface area contributed by atoms with Gasteiger partial charge in [-0.3, -0.25) is 4.79 Å². The Kier molecular flexibility index (Phi) is 4.22. The van der Waals surface area contributed by atoms with Crippen LogP contribution in [0.5, 0.6) is 0 Å². The molecule has 1 aliphatic rings. The van der Waals surface area contributed by atoms with Crippen LogP contribution in [0.3, 0.4) is 0 Å². The number of carbonyl (C=O) groups excluding carboxylic acids is 1. The highest BCUT2D eigenvalue weighted by Crippen LogP contribution is 2.42. The minimum absolute atomic E-state index is 0.153. The van der Waals surface area contributed by atoms with Crippen LogP contribution in [-0.4, -0.2) is 31.4 Å². The molecule has 0 aliphatic carbocycles. The Labute approximate surface area is 126 Å². The molecule has 21 heavy (non-hydrogen) atoms. The fourth-order valence-electron chi connectivity index (χ4n) is 2.30. The second kappa shape index (κ2) is 5.50. The van der Waals surface area contributed by atoms with E-state index in [4.69, 9.17) is 18.5 Å². The Hall–Kier alpha value is -1.27. The third kappa shape index (κ3) is 3.16. The normalized spacial score (nSPS) is 21.3. The van der Waals surface area contributed by atoms with Crippen molar-refractivity contribution >= 4 is 13.1 Å². The van der Waals surface area contributed by atoms with Crippen LogP contribution < -0.4 is 0 Å². The van der Waals surface area contributed by atoms with E-state index in [-0.39, 0.29) is 18.2 Å². The summed E-state index contributed by atoms with van der Waals surface area (Å²) in [6.45, 7) is 9.79. The SMILES string of the molecule is COC(=O)CC(B1OC(C)(C)C(C)(C)O1)c1ccc(C)o1. The first-order valence-corrected chi connectivity index (χ1v) is 7.15. The molecule has 1 aliphatic heterocycles. The maximum absolute atomic E-state index is 11.7. The lowest BCUT2D eigenvalue weighted by molar-refractivity contribution is -0.140. The second-order valence-electron chi connectivity index (χ2n) is 6.46. The number of furan rings is 1. The fourth-order valence-corrected chi connectivity index (χ4v) is 2.30. The van der Waals surface area contributed by atoms with E-state index in [1.165, 1.54) is 7.11 Å². The lowest BCUT2D eigenvalue weighted by Crippen LogP contribution is -2.41. The van der Waals surface area contributed by atoms with E-state index in [0.29, 0.717) is 5.76 Å². The summed E-state index contributed by atoms with van der Waals surface area (Å²) in [5, 5.41) is 0. The van der Waals surface area contributed by atoms with Gasteiger partial charge in [-0.15, -0.1) is 0 Å². The van der Waals surface area contributed by atoms with E-state index < -0.39 is 18.3 Å². The third-order valence-electron chi connectivity index (χ3n) is 4.34. The molecule has 0 bridgehead atoms. The standard InChI is InChI=1S/C15H23BO5/c1-10-7-8-12(19-10)11(9-13(17)18-6)16-20-14(2,3)15(4,5)21-16/h7-8,11H,9H2,1-6H3. The molecule has 1 aromatic rings. The van der Waals surface area contributed by atoms with Gasteiger partial charge in [-0.1, -0.05) is 0 Å². The van der Waals surface area contributed by atoms with Crippen LogP contribution in [0.1, 0.15) is 51.5 Å². The van der Waals surface area contributed by atoms with Crippen molar-refractivity contribution in [1.29, 1.82) is 0 Å². The Morgan fingerprint density at radius 1 is 1.24 bits per heavy atom. The van der Waals surface area contributed by atoms with E-state index in [9.17, 15) is 4.79 Å². The van der Waals surface area contributed by atoms with Crippen molar-refractivity contribution in [2.45, 2.75) is 58.1 Å². The number of methoxy groups -OCH3 is 1. The van der Waals surface area contributed by atoms with Crippen LogP contribution in [0, 0.1) is 6.92 Å². The molecular formula is C15H23BO5. The van der Waals surface area contributed by atoms with E-state index in [1.807, 2.05) is 46.8 Å². The van der Waals surface area contributed by atoms with Gasteiger partial charge in [0.15, 0.2) is 0 Å². The first-order valence-electron chi connectivity index (χ1n) is 7.15. The average molecular weight is 294 g/mol. The van der Waals surface area contributed by atoms with E-state index in [2.05, 4.69) is 0 Å². The van der Waals surface area contributed by atoms with Crippen LogP contribution in [0.2, 0.25) is 0 Å². The number of hydrogen-bond acceptors (Lipinski definition) is 5. The zero-order chi connectivity index (χ0) is 15.8. The maximum Gasteiger partial charge on any atom is 0.469 e. The highest BCUT2D eigenvalue weighted by Gasteiger charge is 2.55. The van der Waals surface area contributed by atoms with Crippen molar-refractivity contribution in [3.05, 3.63) is 23.7 Å². The lowest BCUT2D eigenvalue weighted by atomic mass is 9.68. The van der Waals surface area contributed by atoms with Crippen molar-refractivity contribution in [2.75, 3.05) is 7.11 Å². The molecule has 1 atom stereocenters. The van der Waals surface area contributed by atoms with Gasteiger partial charge in [-0.25, -0.2) is 0 Å². The zero-order valence-electron chi connectivity index (χ0n) is 13.6. The molecule has 0 N–H and O–H groups in total. The highest BCUT2D eigenvalue weighted by molar-refractivity contribution is 6.47. The molecule has 6 heteroatoms. The number of hydrogen-bond donors (Lipinski definition) is 0. The number of ether oxygens (including phenoxy) is 1. The minimum Gasteiger partial charge on any atom is -0.469 e. The highest BCUT2D eigenvalue weighted by atomic mass is 16.7. The van der Waals surface area contributed by atoms with Gasteiger partial charge >= 0.3 is 13.1 Å². The molecule has 1 fully saturated rings. The molecule has 0 saturated carbocycles. The lowest BCUT2D eigenvalue weighted by Gasteiger charge is -2.32. The summed E-state index contributed by atoms with van der Waals surface area (Å²) in [6, 6.07) is 3.72. The first kappa shape index (κ1) is 16.1. The summed E-state index contributed by atoms with van der Waals surface area (Å²) < 4.78 is 22.5. The van der Waals surface area contributed by atoms with E-state index in [1.54, 1.807) is 0 Å². The third-order valence-corrected chi connectivity index (χ3v) is 4.34. The molecule has 116 valence electrons. The van der Waals surface area contributed by atoms with Crippen molar-refractivity contribution in [2.24, 2.45) is 0 Å². The minimum atomic E-state index is -0.542. The molecule has 5 nitrogen and oxygen atoms in total. The van der Waals surface area contributed by atoms with Crippen molar-refractivity contribution in [3.8, 4) is 0 Å². The Morgan fingerprint density at radius 2 is 1.81 bits per heavy atom. The monoisotopic (exact) mass is 294 g/mol. The molecule has 1 aromatic heterocycles. The Morgan fingerprint density at radius 3 is 2.24 bits per heavy atom. The molecular weight excluding hydrogens is 271 g/mol. The van der Waals surface area contributed by atoms with Gasteiger partial charge in [-0.05, 0) is 46.8 Å². The molecule has 1 unspecified atom stereocenters. The second-order valence-corrected chi connectivity index (χ2v) is 6.46. The molecule has 0 amide bonds. The van der Waals surface area contributed by atoms with Gasteiger partial charge in [-0.2, -0.15) is 0 Å². The largest absolute Gasteiger partial charge is 0.469 e. The zero-order valence-corrected chi connectivity index (χ0v) is 13.6. The summed E-state index contributed by atoms with van der Waals surface area (Å²) in [6.07, 6.45) is 0.153. The van der Waals surface area contributed by atoms with Gasteiger partial charge in [0.25, 0.3) is 0 Å². The van der Waals surface area contributed by atoms with E-state index in [0.717, 1.165) is 5.76 Å². The molecule has 2 heterocycles. The Balaban J connectivity index is 2.27. The van der Waals surface area contributed by atoms with Crippen molar-refractivity contribution in [3.63, 3.8) is 0 Å². The van der Waals surface area contributed by atoms with Gasteiger partial charge in [0, 0.05) is 0 Å². The van der Waals surface area contributed by atoms with Crippen LogP contribution in [-0.2, 0) is 18.8 Å². The first-order chi connectivity index (χ1) is 9.66. The van der Waals surface area contributed by atoms with Gasteiger partial charge in [0.1, 0.15) is 11.5 Å². The summed E-state index contributed by atoms with van der Waals surface area (Å²) in [5.74, 6) is 0.823. The number of rotatable bonds is 4. The molecule has 1 saturated heterocycles. The van der Waals surface area contributed by atoms with Crippen molar-refractivity contribution in [1.82, 2.24) is 0 Å². The number of carbonyl (C=O) groups is 1. The van der Waals surface area contributed by atoms with Crippen LogP contribution in [0.15, 0.2) is 16.5 Å². The smallest absolute Gasteiger partial charge is 0.469 e. The molecule has 2 rings (SSSR count). The predicted molar refractivity (Wildman–Crippen MR) is 78.9 cm³/mol. The molecule has 0 spiro atoms. The van der Waals surface area contributed by atoms with Gasteiger partial charge < -0.3 is 18.5 Å². The summed E-state index contributed by atoms with van der Waals surface area (Å²) in [7, 11) is 0.830. The topological polar surface area (TPSA) is 57.9 Å².